The van der Waals surface area contributed by atoms with Crippen LogP contribution in [0.2, 0.25) is 0 Å². The van der Waals surface area contributed by atoms with Crippen LogP contribution in [0, 0.1) is 5.92 Å². The van der Waals surface area contributed by atoms with Crippen molar-refractivity contribution in [2.75, 3.05) is 5.73 Å². The number of carbonyl (C=O) groups excluding carboxylic acids is 1. The molecule has 2 amide bonds. The Morgan fingerprint density at radius 1 is 1.38 bits per heavy atom. The highest BCUT2D eigenvalue weighted by Crippen LogP contribution is 2.38. The number of nitrogens with one attached hydrogen (secondary N) is 1. The fraction of sp³-hybridized carbons (Fsp3) is 0.526. The minimum absolute atomic E-state index is 0.0544. The maximum atomic E-state index is 12.6. The van der Waals surface area contributed by atoms with Crippen molar-refractivity contribution in [2.45, 2.75) is 58.0 Å². The van der Waals surface area contributed by atoms with Crippen LogP contribution in [-0.2, 0) is 11.2 Å². The average molecular weight is 360 g/mol. The van der Waals surface area contributed by atoms with E-state index in [1.165, 1.54) is 4.90 Å². The Morgan fingerprint density at radius 3 is 2.58 bits per heavy atom. The van der Waals surface area contributed by atoms with E-state index < -0.39 is 12.0 Å². The summed E-state index contributed by atoms with van der Waals surface area (Å²) in [4.78, 5) is 29.6. The molecule has 2 heterocycles. The van der Waals surface area contributed by atoms with Crippen molar-refractivity contribution in [3.8, 4) is 0 Å². The topological polar surface area (TPSA) is 109 Å². The third kappa shape index (κ3) is 4.33. The quantitative estimate of drug-likeness (QED) is 0.660. The van der Waals surface area contributed by atoms with Crippen LogP contribution in [0.3, 0.4) is 0 Å². The first-order valence-corrected chi connectivity index (χ1v) is 9.10. The monoisotopic (exact) mass is 360 g/mol. The van der Waals surface area contributed by atoms with Crippen molar-refractivity contribution in [1.82, 2.24) is 15.2 Å². The van der Waals surface area contributed by atoms with Gasteiger partial charge in [0, 0.05) is 23.9 Å². The summed E-state index contributed by atoms with van der Waals surface area (Å²) in [6, 6.07) is 2.27. The van der Waals surface area contributed by atoms with Crippen LogP contribution >= 0.6 is 0 Å². The highest BCUT2D eigenvalue weighted by molar-refractivity contribution is 5.88. The zero-order chi connectivity index (χ0) is 19.3. The molecule has 1 saturated heterocycles. The van der Waals surface area contributed by atoms with Gasteiger partial charge in [-0.05, 0) is 37.0 Å². The molecule has 2 atom stereocenters. The molecular formula is C19H28N4O3. The number of urea groups is 1. The highest BCUT2D eigenvalue weighted by Gasteiger charge is 2.50. The number of nitrogens with zero attached hydrogens (tertiary/aromatic N) is 2. The van der Waals surface area contributed by atoms with Crippen molar-refractivity contribution in [3.63, 3.8) is 0 Å². The van der Waals surface area contributed by atoms with Crippen LogP contribution in [0.1, 0.15) is 45.1 Å². The number of carboxylic acids is 1. The van der Waals surface area contributed by atoms with Crippen LogP contribution in [0.25, 0.3) is 0 Å². The van der Waals surface area contributed by atoms with Gasteiger partial charge in [-0.1, -0.05) is 33.3 Å². The van der Waals surface area contributed by atoms with Crippen LogP contribution in [-0.4, -0.2) is 39.1 Å². The number of aliphatic carboxylic acids is 1. The van der Waals surface area contributed by atoms with E-state index in [0.29, 0.717) is 17.9 Å². The zero-order valence-electron chi connectivity index (χ0n) is 15.4. The lowest BCUT2D eigenvalue weighted by atomic mass is 9.80. The van der Waals surface area contributed by atoms with Gasteiger partial charge < -0.3 is 16.2 Å². The normalized spacial score (nSPS) is 19.3. The summed E-state index contributed by atoms with van der Waals surface area (Å²) in [5, 5.41) is 12.6. The van der Waals surface area contributed by atoms with Gasteiger partial charge in [0.15, 0.2) is 0 Å². The Balaban J connectivity index is 2.09. The Bertz CT molecular complexity index is 671. The lowest BCUT2D eigenvalue weighted by Gasteiger charge is -2.47. The van der Waals surface area contributed by atoms with Gasteiger partial charge in [0.2, 0.25) is 0 Å². The van der Waals surface area contributed by atoms with Crippen molar-refractivity contribution in [3.05, 3.63) is 36.2 Å². The Labute approximate surface area is 154 Å². The summed E-state index contributed by atoms with van der Waals surface area (Å²) in [6.07, 6.45) is 5.71. The minimum Gasteiger partial charge on any atom is -0.480 e. The molecule has 26 heavy (non-hydrogen) atoms. The van der Waals surface area contributed by atoms with E-state index >= 15 is 0 Å². The number of nitrogen functional groups attached to an aromatic ring is 1. The number of likely N-dealkylation sites (tertiary alicyclic amines) is 1. The molecule has 0 radical (unpaired) electrons. The highest BCUT2D eigenvalue weighted by atomic mass is 16.4. The van der Waals surface area contributed by atoms with Gasteiger partial charge in [-0.3, -0.25) is 4.90 Å². The average Bonchev–Trinajstić information content (AvgIpc) is 2.57. The summed E-state index contributed by atoms with van der Waals surface area (Å²) in [5.74, 6) is -0.978. The molecule has 1 fully saturated rings. The number of hydrogen-bond donors (Lipinski definition) is 3. The number of amides is 2. The van der Waals surface area contributed by atoms with Crippen molar-refractivity contribution >= 4 is 17.8 Å². The second kappa shape index (κ2) is 8.69. The first-order valence-electron chi connectivity index (χ1n) is 9.10. The van der Waals surface area contributed by atoms with Crippen molar-refractivity contribution < 1.29 is 14.7 Å². The summed E-state index contributed by atoms with van der Waals surface area (Å²) in [6.45, 7) is 8.08. The predicted octanol–water partition coefficient (Wildman–Crippen LogP) is 2.78. The first-order chi connectivity index (χ1) is 12.4. The smallest absolute Gasteiger partial charge is 0.327 e. The third-order valence-corrected chi connectivity index (χ3v) is 4.77. The third-order valence-electron chi connectivity index (χ3n) is 4.77. The summed E-state index contributed by atoms with van der Waals surface area (Å²) in [5.41, 5.74) is 7.09. The second-order valence-electron chi connectivity index (χ2n) is 6.77. The molecule has 2 rings (SSSR count). The largest absolute Gasteiger partial charge is 0.480 e. The molecule has 1 unspecified atom stereocenters. The summed E-state index contributed by atoms with van der Waals surface area (Å²) in [7, 11) is 0. The van der Waals surface area contributed by atoms with Crippen molar-refractivity contribution in [2.24, 2.45) is 5.92 Å². The summed E-state index contributed by atoms with van der Waals surface area (Å²) >= 11 is 0. The molecule has 1 aliphatic heterocycles. The van der Waals surface area contributed by atoms with Gasteiger partial charge in [-0.25, -0.2) is 14.6 Å². The number of carboxylic acid groups (broad SMARTS) is 1. The van der Waals surface area contributed by atoms with Crippen LogP contribution in [0.15, 0.2) is 30.6 Å². The SMILES string of the molecule is C=C1C(Cc2ccnc(N)c2)[C@@H](C(=O)O)N1C(=O)NC(CCC)CCC. The van der Waals surface area contributed by atoms with E-state index in [9.17, 15) is 14.7 Å². The minimum atomic E-state index is -1.03. The predicted molar refractivity (Wildman–Crippen MR) is 100 cm³/mol. The lowest BCUT2D eigenvalue weighted by molar-refractivity contribution is -0.147. The van der Waals surface area contributed by atoms with E-state index in [1.54, 1.807) is 18.3 Å². The standard InChI is InChI=1S/C19H28N4O3/c1-4-6-14(7-5-2)22-19(26)23-12(3)15(17(23)18(24)25)10-13-8-9-21-16(20)11-13/h8-9,11,14-15,17H,3-7,10H2,1-2H3,(H2,20,21)(H,22,26)(H,24,25)/t15?,17-/m0/s1. The van der Waals surface area contributed by atoms with E-state index in [1.807, 2.05) is 0 Å². The number of rotatable bonds is 8. The lowest BCUT2D eigenvalue weighted by Crippen LogP contribution is -2.63. The number of carbonyl (C=O) groups is 2. The molecule has 0 spiro atoms. The Morgan fingerprint density at radius 2 is 2.04 bits per heavy atom. The Kier molecular flexibility index (Phi) is 6.60. The maximum absolute atomic E-state index is 12.6. The zero-order valence-corrected chi connectivity index (χ0v) is 15.4. The fourth-order valence-corrected chi connectivity index (χ4v) is 3.51. The number of aromatic nitrogens is 1. The molecule has 0 saturated carbocycles. The Hall–Kier alpha value is -2.57. The van der Waals surface area contributed by atoms with Gasteiger partial charge in [0.1, 0.15) is 11.9 Å². The van der Waals surface area contributed by atoms with Crippen LogP contribution in [0.5, 0.6) is 0 Å². The second-order valence-corrected chi connectivity index (χ2v) is 6.77. The molecule has 7 nitrogen and oxygen atoms in total. The molecule has 0 aromatic carbocycles. The van der Waals surface area contributed by atoms with Crippen LogP contribution < -0.4 is 11.1 Å². The molecular weight excluding hydrogens is 332 g/mol. The van der Waals surface area contributed by atoms with E-state index in [-0.39, 0.29) is 18.0 Å². The van der Waals surface area contributed by atoms with E-state index in [2.05, 4.69) is 30.7 Å². The van der Waals surface area contributed by atoms with Gasteiger partial charge in [0.25, 0.3) is 0 Å². The number of pyridine rings is 1. The fourth-order valence-electron chi connectivity index (χ4n) is 3.51. The molecule has 4 N–H and O–H groups in total. The number of hydrogen-bond acceptors (Lipinski definition) is 4. The molecule has 0 bridgehead atoms. The summed E-state index contributed by atoms with van der Waals surface area (Å²) < 4.78 is 0. The number of anilines is 1. The van der Waals surface area contributed by atoms with Crippen LogP contribution in [0.4, 0.5) is 10.6 Å². The number of nitrogens with two attached hydrogens (primary N) is 1. The van der Waals surface area contributed by atoms with Gasteiger partial charge in [-0.2, -0.15) is 0 Å². The molecule has 142 valence electrons. The van der Waals surface area contributed by atoms with Gasteiger partial charge >= 0.3 is 12.0 Å². The van der Waals surface area contributed by atoms with Gasteiger partial charge in [0.05, 0.1) is 0 Å². The molecule has 1 aromatic rings. The van der Waals surface area contributed by atoms with E-state index in [4.69, 9.17) is 5.73 Å². The van der Waals surface area contributed by atoms with Gasteiger partial charge in [-0.15, -0.1) is 0 Å². The first kappa shape index (κ1) is 19.8. The van der Waals surface area contributed by atoms with E-state index in [0.717, 1.165) is 31.2 Å². The molecule has 7 heteroatoms. The molecule has 1 aromatic heterocycles. The maximum Gasteiger partial charge on any atom is 0.327 e. The molecule has 1 aliphatic rings. The van der Waals surface area contributed by atoms with Crippen molar-refractivity contribution in [1.29, 1.82) is 0 Å². The molecule has 0 aliphatic carbocycles.